The van der Waals surface area contributed by atoms with Crippen LogP contribution in [0.3, 0.4) is 0 Å². The normalized spacial score (nSPS) is 25.2. The molecule has 0 amide bonds. The second-order valence-electron chi connectivity index (χ2n) is 8.44. The summed E-state index contributed by atoms with van der Waals surface area (Å²) in [5.41, 5.74) is 1.36. The van der Waals surface area contributed by atoms with Gasteiger partial charge in [-0.25, -0.2) is 4.39 Å². The van der Waals surface area contributed by atoms with Crippen LogP contribution in [0, 0.1) is 29.4 Å². The first-order valence-corrected chi connectivity index (χ1v) is 11.0. The summed E-state index contributed by atoms with van der Waals surface area (Å²) >= 11 is 0. The Balaban J connectivity index is 1.55. The summed E-state index contributed by atoms with van der Waals surface area (Å²) in [5, 5.41) is 0. The summed E-state index contributed by atoms with van der Waals surface area (Å²) in [5.74, 6) is 0.770. The van der Waals surface area contributed by atoms with Crippen LogP contribution >= 0.6 is 0 Å². The molecule has 1 unspecified atom stereocenters. The van der Waals surface area contributed by atoms with E-state index in [1.165, 1.54) is 38.5 Å². The molecule has 3 heteroatoms. The van der Waals surface area contributed by atoms with Gasteiger partial charge in [0.15, 0.2) is 11.6 Å². The van der Waals surface area contributed by atoms with E-state index >= 15 is 0 Å². The average molecular weight is 389 g/mol. The molecular formula is C25H34F2O. The number of hydrogen-bond donors (Lipinski definition) is 0. The zero-order valence-electron chi connectivity index (χ0n) is 17.2. The molecule has 1 saturated carbocycles. The van der Waals surface area contributed by atoms with E-state index < -0.39 is 11.6 Å². The minimum atomic E-state index is -0.864. The minimum absolute atomic E-state index is 0.00267. The van der Waals surface area contributed by atoms with Crippen molar-refractivity contribution < 1.29 is 13.5 Å². The largest absolute Gasteiger partial charge is 0.491 e. The molecule has 0 heterocycles. The molecule has 1 nitrogen and oxygen atoms in total. The Kier molecular flexibility index (Phi) is 7.70. The van der Waals surface area contributed by atoms with Crippen molar-refractivity contribution in [3.8, 4) is 5.75 Å². The predicted molar refractivity (Wildman–Crippen MR) is 112 cm³/mol. The maximum Gasteiger partial charge on any atom is 0.201 e. The molecule has 1 atom stereocenters. The number of hydrogen-bond acceptors (Lipinski definition) is 1. The summed E-state index contributed by atoms with van der Waals surface area (Å²) in [7, 11) is 0. The fourth-order valence-electron chi connectivity index (χ4n) is 5.07. The fraction of sp³-hybridized carbons (Fsp3) is 0.600. The van der Waals surface area contributed by atoms with Crippen molar-refractivity contribution in [1.82, 2.24) is 0 Å². The Morgan fingerprint density at radius 1 is 1.07 bits per heavy atom. The van der Waals surface area contributed by atoms with E-state index in [9.17, 15) is 8.78 Å². The van der Waals surface area contributed by atoms with Crippen LogP contribution in [0.5, 0.6) is 5.75 Å². The lowest BCUT2D eigenvalue weighted by Gasteiger charge is -2.35. The molecule has 28 heavy (non-hydrogen) atoms. The first-order valence-electron chi connectivity index (χ1n) is 11.0. The van der Waals surface area contributed by atoms with Crippen LogP contribution in [0.2, 0.25) is 0 Å². The van der Waals surface area contributed by atoms with E-state index in [1.807, 2.05) is 6.08 Å². The van der Waals surface area contributed by atoms with Gasteiger partial charge in [-0.2, -0.15) is 4.39 Å². The van der Waals surface area contributed by atoms with E-state index in [0.717, 1.165) is 43.1 Å². The molecule has 0 aliphatic heterocycles. The topological polar surface area (TPSA) is 9.23 Å². The van der Waals surface area contributed by atoms with Gasteiger partial charge >= 0.3 is 0 Å². The van der Waals surface area contributed by atoms with Crippen LogP contribution in [0.15, 0.2) is 30.9 Å². The lowest BCUT2D eigenvalue weighted by molar-refractivity contribution is 0.188. The van der Waals surface area contributed by atoms with Crippen LogP contribution in [0.1, 0.15) is 76.7 Å². The SMILES string of the molecule is C=CCCCC1CCC(C2CC=C(c3ccc(OCC)c(F)c3F)CC2)CC1. The molecule has 1 fully saturated rings. The van der Waals surface area contributed by atoms with Crippen molar-refractivity contribution in [2.24, 2.45) is 17.8 Å². The van der Waals surface area contributed by atoms with Crippen LogP contribution in [0.4, 0.5) is 8.78 Å². The molecule has 2 aliphatic rings. The quantitative estimate of drug-likeness (QED) is 0.327. The maximum absolute atomic E-state index is 14.5. The van der Waals surface area contributed by atoms with Crippen LogP contribution < -0.4 is 4.74 Å². The van der Waals surface area contributed by atoms with Gasteiger partial charge in [0.25, 0.3) is 0 Å². The van der Waals surface area contributed by atoms with Crippen LogP contribution in [-0.2, 0) is 0 Å². The van der Waals surface area contributed by atoms with E-state index in [-0.39, 0.29) is 5.75 Å². The highest BCUT2D eigenvalue weighted by Crippen LogP contribution is 2.42. The molecule has 0 aromatic heterocycles. The van der Waals surface area contributed by atoms with Crippen molar-refractivity contribution in [3.05, 3.63) is 48.1 Å². The summed E-state index contributed by atoms with van der Waals surface area (Å²) in [6.07, 6.45) is 16.2. The molecule has 0 radical (unpaired) electrons. The van der Waals surface area contributed by atoms with Gasteiger partial charge in [-0.1, -0.05) is 31.4 Å². The molecule has 1 aromatic carbocycles. The van der Waals surface area contributed by atoms with Gasteiger partial charge in [0.05, 0.1) is 6.61 Å². The first kappa shape index (κ1) is 21.1. The van der Waals surface area contributed by atoms with E-state index in [0.29, 0.717) is 18.1 Å². The number of halogens is 2. The van der Waals surface area contributed by atoms with Crippen molar-refractivity contribution in [3.63, 3.8) is 0 Å². The molecular weight excluding hydrogens is 354 g/mol. The van der Waals surface area contributed by atoms with Crippen molar-refractivity contribution in [2.75, 3.05) is 6.61 Å². The highest BCUT2D eigenvalue weighted by molar-refractivity contribution is 5.67. The summed E-state index contributed by atoms with van der Waals surface area (Å²) in [6, 6.07) is 3.22. The summed E-state index contributed by atoms with van der Waals surface area (Å²) < 4.78 is 33.8. The van der Waals surface area contributed by atoms with Crippen LogP contribution in [-0.4, -0.2) is 6.61 Å². The first-order chi connectivity index (χ1) is 13.6. The fourth-order valence-corrected chi connectivity index (χ4v) is 5.07. The number of ether oxygens (including phenoxy) is 1. The Morgan fingerprint density at radius 2 is 1.86 bits per heavy atom. The Labute approximate surface area is 168 Å². The Hall–Kier alpha value is -1.64. The second kappa shape index (κ2) is 10.2. The van der Waals surface area contributed by atoms with Crippen LogP contribution in [0.25, 0.3) is 5.57 Å². The Bertz CT molecular complexity index is 686. The number of rotatable bonds is 8. The highest BCUT2D eigenvalue weighted by atomic mass is 19.2. The average Bonchev–Trinajstić information content (AvgIpc) is 2.73. The van der Waals surface area contributed by atoms with Gasteiger partial charge in [-0.05, 0) is 87.3 Å². The summed E-state index contributed by atoms with van der Waals surface area (Å²) in [4.78, 5) is 0. The lowest BCUT2D eigenvalue weighted by Crippen LogP contribution is -2.23. The number of benzene rings is 1. The third-order valence-corrected chi connectivity index (χ3v) is 6.72. The highest BCUT2D eigenvalue weighted by Gasteiger charge is 2.29. The molecule has 0 N–H and O–H groups in total. The smallest absolute Gasteiger partial charge is 0.201 e. The van der Waals surface area contributed by atoms with E-state index in [4.69, 9.17) is 4.74 Å². The van der Waals surface area contributed by atoms with Gasteiger partial charge < -0.3 is 4.74 Å². The zero-order chi connectivity index (χ0) is 19.9. The minimum Gasteiger partial charge on any atom is -0.491 e. The number of unbranched alkanes of at least 4 members (excludes halogenated alkanes) is 1. The maximum atomic E-state index is 14.5. The third-order valence-electron chi connectivity index (χ3n) is 6.72. The molecule has 154 valence electrons. The van der Waals surface area contributed by atoms with Crippen molar-refractivity contribution in [2.45, 2.75) is 71.1 Å². The summed E-state index contributed by atoms with van der Waals surface area (Å²) in [6.45, 7) is 5.91. The van der Waals surface area contributed by atoms with Gasteiger partial charge in [0.2, 0.25) is 5.82 Å². The molecule has 0 spiro atoms. The number of allylic oxidation sites excluding steroid dienone is 3. The third kappa shape index (κ3) is 5.04. The molecule has 0 bridgehead atoms. The molecule has 1 aromatic rings. The molecule has 3 rings (SSSR count). The van der Waals surface area contributed by atoms with Crippen molar-refractivity contribution in [1.29, 1.82) is 0 Å². The van der Waals surface area contributed by atoms with Gasteiger partial charge in [0.1, 0.15) is 0 Å². The second-order valence-corrected chi connectivity index (χ2v) is 8.44. The van der Waals surface area contributed by atoms with E-state index in [2.05, 4.69) is 12.7 Å². The van der Waals surface area contributed by atoms with Gasteiger partial charge in [-0.15, -0.1) is 6.58 Å². The zero-order valence-corrected chi connectivity index (χ0v) is 17.2. The van der Waals surface area contributed by atoms with Crippen molar-refractivity contribution >= 4 is 5.57 Å². The molecule has 0 saturated heterocycles. The standard InChI is InChI=1S/C25H34F2O/c1-3-5-6-7-18-8-10-19(11-9-18)20-12-14-21(15-13-20)22-16-17-23(28-4-2)25(27)24(22)26/h3,14,16-20H,1,4-13,15H2,2H3. The lowest BCUT2D eigenvalue weighted by atomic mass is 9.70. The van der Waals surface area contributed by atoms with Gasteiger partial charge in [0, 0.05) is 5.56 Å². The molecule has 2 aliphatic carbocycles. The van der Waals surface area contributed by atoms with Gasteiger partial charge in [-0.3, -0.25) is 0 Å². The predicted octanol–water partition coefficient (Wildman–Crippen LogP) is 7.71. The monoisotopic (exact) mass is 388 g/mol. The van der Waals surface area contributed by atoms with E-state index in [1.54, 1.807) is 19.1 Å². The Morgan fingerprint density at radius 3 is 2.50 bits per heavy atom.